The molecule has 1 aromatic rings. The Labute approximate surface area is 107 Å². The number of carboxylic acid groups (broad SMARTS) is 1. The molecule has 0 bridgehead atoms. The van der Waals surface area contributed by atoms with E-state index in [1.165, 1.54) is 6.07 Å². The average Bonchev–Trinajstić information content (AvgIpc) is 2.27. The van der Waals surface area contributed by atoms with Crippen LogP contribution in [0.25, 0.3) is 0 Å². The number of carbonyl (C=O) groups excluding carboxylic acids is 1. The molecule has 2 N–H and O–H groups in total. The Balaban J connectivity index is 2.76. The second kappa shape index (κ2) is 6.19. The minimum atomic E-state index is -1.02. The minimum absolute atomic E-state index is 0.143. The van der Waals surface area contributed by atoms with E-state index in [2.05, 4.69) is 19.2 Å². The molecule has 0 aliphatic heterocycles. The van der Waals surface area contributed by atoms with Crippen LogP contribution in [-0.2, 0) is 0 Å². The van der Waals surface area contributed by atoms with Gasteiger partial charge >= 0.3 is 5.97 Å². The number of amides is 1. The molecule has 0 fully saturated rings. The molecule has 0 aromatic heterocycles. The van der Waals surface area contributed by atoms with Gasteiger partial charge in [-0.05, 0) is 43.0 Å². The highest BCUT2D eigenvalue weighted by Gasteiger charge is 2.10. The zero-order valence-electron chi connectivity index (χ0n) is 11.0. The van der Waals surface area contributed by atoms with Gasteiger partial charge in [0.1, 0.15) is 0 Å². The lowest BCUT2D eigenvalue weighted by Gasteiger charge is -2.08. The molecule has 0 spiro atoms. The van der Waals surface area contributed by atoms with Crippen LogP contribution in [0.15, 0.2) is 18.2 Å². The monoisotopic (exact) mass is 249 g/mol. The Hall–Kier alpha value is -1.84. The van der Waals surface area contributed by atoms with E-state index in [-0.39, 0.29) is 11.5 Å². The Morgan fingerprint density at radius 2 is 1.83 bits per heavy atom. The average molecular weight is 249 g/mol. The van der Waals surface area contributed by atoms with E-state index in [0.717, 1.165) is 12.0 Å². The number of aryl methyl sites for hydroxylation is 1. The van der Waals surface area contributed by atoms with Crippen LogP contribution in [0.3, 0.4) is 0 Å². The zero-order valence-corrected chi connectivity index (χ0v) is 11.0. The molecule has 98 valence electrons. The van der Waals surface area contributed by atoms with E-state index in [0.29, 0.717) is 18.0 Å². The summed E-state index contributed by atoms with van der Waals surface area (Å²) >= 11 is 0. The number of carbonyl (C=O) groups is 2. The van der Waals surface area contributed by atoms with E-state index in [1.807, 2.05) is 0 Å². The zero-order chi connectivity index (χ0) is 13.7. The minimum Gasteiger partial charge on any atom is -0.478 e. The topological polar surface area (TPSA) is 66.4 Å². The molecule has 0 aliphatic carbocycles. The van der Waals surface area contributed by atoms with Gasteiger partial charge in [0.15, 0.2) is 0 Å². The van der Waals surface area contributed by atoms with Gasteiger partial charge in [0, 0.05) is 12.1 Å². The van der Waals surface area contributed by atoms with E-state index in [9.17, 15) is 9.59 Å². The van der Waals surface area contributed by atoms with Crippen molar-refractivity contribution in [3.63, 3.8) is 0 Å². The van der Waals surface area contributed by atoms with E-state index in [4.69, 9.17) is 5.11 Å². The summed E-state index contributed by atoms with van der Waals surface area (Å²) in [5.41, 5.74) is 1.31. The number of rotatable bonds is 5. The van der Waals surface area contributed by atoms with Crippen molar-refractivity contribution >= 4 is 11.9 Å². The first kappa shape index (κ1) is 14.2. The highest BCUT2D eigenvalue weighted by atomic mass is 16.4. The van der Waals surface area contributed by atoms with Gasteiger partial charge < -0.3 is 10.4 Å². The summed E-state index contributed by atoms with van der Waals surface area (Å²) in [7, 11) is 0. The number of carboxylic acids is 1. The lowest BCUT2D eigenvalue weighted by Crippen LogP contribution is -2.25. The van der Waals surface area contributed by atoms with Crippen LogP contribution >= 0.6 is 0 Å². The molecule has 0 heterocycles. The van der Waals surface area contributed by atoms with Gasteiger partial charge in [0.25, 0.3) is 5.91 Å². The molecule has 1 rings (SSSR count). The maximum absolute atomic E-state index is 11.8. The first-order valence-corrected chi connectivity index (χ1v) is 6.03. The van der Waals surface area contributed by atoms with Gasteiger partial charge in [-0.15, -0.1) is 0 Å². The quantitative estimate of drug-likeness (QED) is 0.842. The van der Waals surface area contributed by atoms with Crippen molar-refractivity contribution in [2.75, 3.05) is 6.54 Å². The third-order valence-electron chi connectivity index (χ3n) is 2.59. The highest BCUT2D eigenvalue weighted by Crippen LogP contribution is 2.10. The Kier molecular flexibility index (Phi) is 4.89. The lowest BCUT2D eigenvalue weighted by molar-refractivity contribution is 0.0696. The predicted molar refractivity (Wildman–Crippen MR) is 69.9 cm³/mol. The van der Waals surface area contributed by atoms with Gasteiger partial charge in [0.05, 0.1) is 5.56 Å². The fraction of sp³-hybridized carbons (Fsp3) is 0.429. The largest absolute Gasteiger partial charge is 0.478 e. The van der Waals surface area contributed by atoms with Gasteiger partial charge in [-0.2, -0.15) is 0 Å². The number of hydrogen-bond acceptors (Lipinski definition) is 2. The van der Waals surface area contributed by atoms with Crippen LogP contribution in [-0.4, -0.2) is 23.5 Å². The van der Waals surface area contributed by atoms with Crippen LogP contribution < -0.4 is 5.32 Å². The van der Waals surface area contributed by atoms with Crippen LogP contribution in [0, 0.1) is 12.8 Å². The maximum atomic E-state index is 11.8. The molecule has 0 saturated heterocycles. The van der Waals surface area contributed by atoms with Crippen LogP contribution in [0.4, 0.5) is 0 Å². The van der Waals surface area contributed by atoms with Gasteiger partial charge in [0.2, 0.25) is 0 Å². The van der Waals surface area contributed by atoms with Crippen LogP contribution in [0.2, 0.25) is 0 Å². The standard InChI is InChI=1S/C14H19NO3/c1-9(2)4-5-15-13(16)11-6-10(3)7-12(8-11)14(17)18/h6-9H,4-5H2,1-3H3,(H,15,16)(H,17,18). The van der Waals surface area contributed by atoms with Gasteiger partial charge in [-0.3, -0.25) is 4.79 Å². The molecule has 0 aliphatic rings. The van der Waals surface area contributed by atoms with Crippen molar-refractivity contribution in [1.82, 2.24) is 5.32 Å². The smallest absolute Gasteiger partial charge is 0.335 e. The Bertz CT molecular complexity index is 452. The Morgan fingerprint density at radius 1 is 1.22 bits per heavy atom. The second-order valence-electron chi connectivity index (χ2n) is 4.83. The summed E-state index contributed by atoms with van der Waals surface area (Å²) < 4.78 is 0. The fourth-order valence-corrected chi connectivity index (χ4v) is 1.61. The SMILES string of the molecule is Cc1cc(C(=O)O)cc(C(=O)NCCC(C)C)c1. The summed E-state index contributed by atoms with van der Waals surface area (Å²) in [4.78, 5) is 22.7. The van der Waals surface area contributed by atoms with Crippen molar-refractivity contribution in [2.24, 2.45) is 5.92 Å². The molecule has 4 nitrogen and oxygen atoms in total. The molecule has 1 amide bonds. The fourth-order valence-electron chi connectivity index (χ4n) is 1.61. The molecule has 1 aromatic carbocycles. The summed E-state index contributed by atoms with van der Waals surface area (Å²) in [5, 5.41) is 11.7. The number of hydrogen-bond donors (Lipinski definition) is 2. The summed E-state index contributed by atoms with van der Waals surface area (Å²) in [5.74, 6) is -0.714. The Morgan fingerprint density at radius 3 is 2.39 bits per heavy atom. The molecule has 0 radical (unpaired) electrons. The first-order chi connectivity index (χ1) is 8.40. The number of nitrogens with one attached hydrogen (secondary N) is 1. The molecular weight excluding hydrogens is 230 g/mol. The summed E-state index contributed by atoms with van der Waals surface area (Å²) in [6, 6.07) is 4.64. The van der Waals surface area contributed by atoms with Gasteiger partial charge in [-0.25, -0.2) is 4.79 Å². The molecule has 0 atom stereocenters. The first-order valence-electron chi connectivity index (χ1n) is 6.03. The second-order valence-corrected chi connectivity index (χ2v) is 4.83. The summed E-state index contributed by atoms with van der Waals surface area (Å²) in [6.45, 7) is 6.55. The normalized spacial score (nSPS) is 10.4. The summed E-state index contributed by atoms with van der Waals surface area (Å²) in [6.07, 6.45) is 0.906. The van der Waals surface area contributed by atoms with Crippen LogP contribution in [0.1, 0.15) is 46.5 Å². The lowest BCUT2D eigenvalue weighted by atomic mass is 10.1. The third kappa shape index (κ3) is 4.20. The van der Waals surface area contributed by atoms with E-state index in [1.54, 1.807) is 19.1 Å². The van der Waals surface area contributed by atoms with Crippen LogP contribution in [0.5, 0.6) is 0 Å². The molecule has 4 heteroatoms. The predicted octanol–water partition coefficient (Wildman–Crippen LogP) is 2.47. The van der Waals surface area contributed by atoms with Crippen molar-refractivity contribution < 1.29 is 14.7 Å². The molecule has 0 unspecified atom stereocenters. The van der Waals surface area contributed by atoms with Gasteiger partial charge in [-0.1, -0.05) is 13.8 Å². The molecule has 0 saturated carbocycles. The van der Waals surface area contributed by atoms with Crippen molar-refractivity contribution in [3.05, 3.63) is 34.9 Å². The molecule has 18 heavy (non-hydrogen) atoms. The maximum Gasteiger partial charge on any atom is 0.335 e. The van der Waals surface area contributed by atoms with Crippen molar-refractivity contribution in [1.29, 1.82) is 0 Å². The van der Waals surface area contributed by atoms with Crippen molar-refractivity contribution in [3.8, 4) is 0 Å². The highest BCUT2D eigenvalue weighted by molar-refractivity contribution is 5.97. The number of benzene rings is 1. The number of aromatic carboxylic acids is 1. The molecular formula is C14H19NO3. The third-order valence-corrected chi connectivity index (χ3v) is 2.59. The van der Waals surface area contributed by atoms with E-state index >= 15 is 0 Å². The van der Waals surface area contributed by atoms with Crippen molar-refractivity contribution in [2.45, 2.75) is 27.2 Å². The van der Waals surface area contributed by atoms with E-state index < -0.39 is 5.97 Å².